The van der Waals surface area contributed by atoms with Gasteiger partial charge in [-0.1, -0.05) is 27.5 Å². The minimum Gasteiger partial charge on any atom is -0.456 e. The summed E-state index contributed by atoms with van der Waals surface area (Å²) in [6.45, 7) is 7.05. The molecule has 0 bridgehead atoms. The van der Waals surface area contributed by atoms with E-state index in [9.17, 15) is 0 Å². The monoisotopic (exact) mass is 368 g/mol. The smallest absolute Gasteiger partial charge is 0.147 e. The van der Waals surface area contributed by atoms with E-state index in [1.165, 1.54) is 0 Å². The van der Waals surface area contributed by atoms with Crippen LogP contribution >= 0.6 is 27.5 Å². The SMILES string of the molecule is CC(C)(C)NCc1cc(Oc2cc(Br)ccc2Cl)ccn1. The van der Waals surface area contributed by atoms with E-state index in [1.807, 2.05) is 24.3 Å². The first-order valence-corrected chi connectivity index (χ1v) is 7.83. The molecular weight excluding hydrogens is 352 g/mol. The maximum Gasteiger partial charge on any atom is 0.147 e. The number of benzene rings is 1. The number of hydrogen-bond donors (Lipinski definition) is 1. The molecule has 0 spiro atoms. The lowest BCUT2D eigenvalue weighted by molar-refractivity contribution is 0.419. The van der Waals surface area contributed by atoms with Gasteiger partial charge in [0.25, 0.3) is 0 Å². The summed E-state index contributed by atoms with van der Waals surface area (Å²) in [6.07, 6.45) is 1.74. The van der Waals surface area contributed by atoms with E-state index in [-0.39, 0.29) is 5.54 Å². The van der Waals surface area contributed by atoms with Crippen LogP contribution < -0.4 is 10.1 Å². The van der Waals surface area contributed by atoms with Gasteiger partial charge in [-0.2, -0.15) is 0 Å². The molecule has 0 amide bonds. The molecule has 0 aliphatic heterocycles. The third-order valence-electron chi connectivity index (χ3n) is 2.71. The molecule has 0 saturated heterocycles. The standard InChI is InChI=1S/C16H18BrClN2O/c1-16(2,3)20-10-12-9-13(6-7-19-12)21-15-8-11(17)4-5-14(15)18/h4-9,20H,10H2,1-3H3. The Morgan fingerprint density at radius 2 is 2.00 bits per heavy atom. The Balaban J connectivity index is 2.12. The highest BCUT2D eigenvalue weighted by atomic mass is 79.9. The van der Waals surface area contributed by atoms with E-state index in [1.54, 1.807) is 12.3 Å². The van der Waals surface area contributed by atoms with E-state index in [0.717, 1.165) is 15.9 Å². The first-order chi connectivity index (χ1) is 9.83. The molecule has 2 aromatic rings. The molecule has 3 nitrogen and oxygen atoms in total. The van der Waals surface area contributed by atoms with E-state index < -0.39 is 0 Å². The number of ether oxygens (including phenoxy) is 1. The van der Waals surface area contributed by atoms with Crippen LogP contribution in [0.25, 0.3) is 0 Å². The summed E-state index contributed by atoms with van der Waals surface area (Å²) in [5.41, 5.74) is 0.972. The van der Waals surface area contributed by atoms with Crippen LogP contribution in [-0.4, -0.2) is 10.5 Å². The fraction of sp³-hybridized carbons (Fsp3) is 0.312. The number of halogens is 2. The van der Waals surface area contributed by atoms with Gasteiger partial charge in [0.15, 0.2) is 0 Å². The van der Waals surface area contributed by atoms with Crippen molar-refractivity contribution in [2.24, 2.45) is 0 Å². The quantitative estimate of drug-likeness (QED) is 0.806. The van der Waals surface area contributed by atoms with Crippen molar-refractivity contribution in [1.82, 2.24) is 10.3 Å². The first-order valence-electron chi connectivity index (χ1n) is 6.66. The molecule has 5 heteroatoms. The molecule has 1 aromatic carbocycles. The van der Waals surface area contributed by atoms with Crippen molar-refractivity contribution < 1.29 is 4.74 Å². The third-order valence-corrected chi connectivity index (χ3v) is 3.51. The lowest BCUT2D eigenvalue weighted by Crippen LogP contribution is -2.35. The van der Waals surface area contributed by atoms with Crippen molar-refractivity contribution >= 4 is 27.5 Å². The molecule has 112 valence electrons. The van der Waals surface area contributed by atoms with Crippen molar-refractivity contribution in [3.63, 3.8) is 0 Å². The van der Waals surface area contributed by atoms with Gasteiger partial charge in [-0.3, -0.25) is 4.98 Å². The molecule has 2 rings (SSSR count). The molecule has 1 N–H and O–H groups in total. The molecule has 0 aliphatic rings. The predicted octanol–water partition coefficient (Wildman–Crippen LogP) is 5.18. The Kier molecular flexibility index (Phi) is 5.25. The minimum atomic E-state index is 0.0478. The van der Waals surface area contributed by atoms with Crippen LogP contribution in [0.4, 0.5) is 0 Å². The van der Waals surface area contributed by atoms with Crippen LogP contribution in [0, 0.1) is 0 Å². The normalized spacial score (nSPS) is 11.5. The molecule has 1 heterocycles. The number of hydrogen-bond acceptors (Lipinski definition) is 3. The summed E-state index contributed by atoms with van der Waals surface area (Å²) in [7, 11) is 0. The van der Waals surface area contributed by atoms with Gasteiger partial charge in [-0.25, -0.2) is 0 Å². The topological polar surface area (TPSA) is 34.1 Å². The maximum atomic E-state index is 6.13. The molecule has 0 unspecified atom stereocenters. The van der Waals surface area contributed by atoms with Crippen molar-refractivity contribution in [2.45, 2.75) is 32.9 Å². The van der Waals surface area contributed by atoms with Gasteiger partial charge in [-0.05, 0) is 45.0 Å². The van der Waals surface area contributed by atoms with Crippen molar-refractivity contribution in [2.75, 3.05) is 0 Å². The third kappa shape index (κ3) is 5.30. The van der Waals surface area contributed by atoms with Crippen LogP contribution in [0.3, 0.4) is 0 Å². The van der Waals surface area contributed by atoms with Gasteiger partial charge < -0.3 is 10.1 Å². The number of pyridine rings is 1. The van der Waals surface area contributed by atoms with Gasteiger partial charge in [0.1, 0.15) is 11.5 Å². The Hall–Kier alpha value is -1.10. The Morgan fingerprint density at radius 3 is 2.71 bits per heavy atom. The molecule has 0 saturated carbocycles. The molecule has 21 heavy (non-hydrogen) atoms. The number of nitrogens with one attached hydrogen (secondary N) is 1. The van der Waals surface area contributed by atoms with E-state index >= 15 is 0 Å². The summed E-state index contributed by atoms with van der Waals surface area (Å²) >= 11 is 9.54. The first kappa shape index (κ1) is 16.3. The van der Waals surface area contributed by atoms with Crippen LogP contribution in [0.1, 0.15) is 26.5 Å². The van der Waals surface area contributed by atoms with Gasteiger partial charge in [-0.15, -0.1) is 0 Å². The van der Waals surface area contributed by atoms with Crippen LogP contribution in [0.15, 0.2) is 41.0 Å². The molecule has 0 atom stereocenters. The molecule has 0 radical (unpaired) electrons. The van der Waals surface area contributed by atoms with Crippen molar-refractivity contribution in [3.05, 3.63) is 51.7 Å². The average molecular weight is 370 g/mol. The highest BCUT2D eigenvalue weighted by Gasteiger charge is 2.10. The molecule has 0 aliphatic carbocycles. The summed E-state index contributed by atoms with van der Waals surface area (Å²) in [5, 5.41) is 3.97. The zero-order valence-corrected chi connectivity index (χ0v) is 14.6. The van der Waals surface area contributed by atoms with E-state index in [4.69, 9.17) is 16.3 Å². The lowest BCUT2D eigenvalue weighted by Gasteiger charge is -2.20. The van der Waals surface area contributed by atoms with Gasteiger partial charge in [0.05, 0.1) is 10.7 Å². The number of nitrogens with zero attached hydrogens (tertiary/aromatic N) is 1. The number of aromatic nitrogens is 1. The van der Waals surface area contributed by atoms with Gasteiger partial charge in [0.2, 0.25) is 0 Å². The summed E-state index contributed by atoms with van der Waals surface area (Å²) in [5.74, 6) is 1.34. The second-order valence-corrected chi connectivity index (χ2v) is 7.09. The lowest BCUT2D eigenvalue weighted by atomic mass is 10.1. The van der Waals surface area contributed by atoms with E-state index in [2.05, 4.69) is 47.0 Å². The Labute approximate surface area is 138 Å². The van der Waals surface area contributed by atoms with Crippen LogP contribution in [0.5, 0.6) is 11.5 Å². The van der Waals surface area contributed by atoms with Gasteiger partial charge >= 0.3 is 0 Å². The fourth-order valence-electron chi connectivity index (χ4n) is 1.65. The number of rotatable bonds is 4. The molecule has 0 fully saturated rings. The highest BCUT2D eigenvalue weighted by Crippen LogP contribution is 2.32. The zero-order valence-electron chi connectivity index (χ0n) is 12.3. The Morgan fingerprint density at radius 1 is 1.24 bits per heavy atom. The Bertz CT molecular complexity index is 626. The molecule has 1 aromatic heterocycles. The van der Waals surface area contributed by atoms with Crippen molar-refractivity contribution in [3.8, 4) is 11.5 Å². The average Bonchev–Trinajstić information content (AvgIpc) is 2.40. The zero-order chi connectivity index (χ0) is 15.5. The van der Waals surface area contributed by atoms with Crippen molar-refractivity contribution in [1.29, 1.82) is 0 Å². The molecular formula is C16H18BrClN2O. The van der Waals surface area contributed by atoms with Crippen LogP contribution in [-0.2, 0) is 6.54 Å². The predicted molar refractivity (Wildman–Crippen MR) is 90.1 cm³/mol. The largest absolute Gasteiger partial charge is 0.456 e. The summed E-state index contributed by atoms with van der Waals surface area (Å²) in [6, 6.07) is 9.24. The minimum absolute atomic E-state index is 0.0478. The second-order valence-electron chi connectivity index (χ2n) is 5.76. The summed E-state index contributed by atoms with van der Waals surface area (Å²) < 4.78 is 6.75. The second kappa shape index (κ2) is 6.77. The maximum absolute atomic E-state index is 6.13. The van der Waals surface area contributed by atoms with Gasteiger partial charge in [0, 0.05) is 28.8 Å². The highest BCUT2D eigenvalue weighted by molar-refractivity contribution is 9.10. The van der Waals surface area contributed by atoms with Crippen LogP contribution in [0.2, 0.25) is 5.02 Å². The fourth-order valence-corrected chi connectivity index (χ4v) is 2.15. The summed E-state index contributed by atoms with van der Waals surface area (Å²) in [4.78, 5) is 4.34. The van der Waals surface area contributed by atoms with E-state index in [0.29, 0.717) is 17.3 Å².